The highest BCUT2D eigenvalue weighted by atomic mass is 32.1. The van der Waals surface area contributed by atoms with Crippen molar-refractivity contribution in [2.45, 2.75) is 26.3 Å². The van der Waals surface area contributed by atoms with Crippen molar-refractivity contribution >= 4 is 34.1 Å². The van der Waals surface area contributed by atoms with E-state index in [2.05, 4.69) is 5.32 Å². The van der Waals surface area contributed by atoms with E-state index in [1.807, 2.05) is 25.1 Å². The second kappa shape index (κ2) is 4.66. The number of nitrogens with two attached hydrogens (primary N) is 1. The van der Waals surface area contributed by atoms with Crippen LogP contribution in [0.1, 0.15) is 30.0 Å². The molecule has 2 aromatic rings. The van der Waals surface area contributed by atoms with Gasteiger partial charge in [-0.1, -0.05) is 23.8 Å². The molecule has 0 aliphatic carbocycles. The van der Waals surface area contributed by atoms with E-state index in [-0.39, 0.29) is 16.7 Å². The lowest BCUT2D eigenvalue weighted by Gasteiger charge is -2.23. The summed E-state index contributed by atoms with van der Waals surface area (Å²) in [6.45, 7) is 5.49. The molecule has 0 saturated carbocycles. The van der Waals surface area contributed by atoms with Crippen LogP contribution in [0.15, 0.2) is 28.7 Å². The van der Waals surface area contributed by atoms with Gasteiger partial charge in [0.05, 0.1) is 10.5 Å². The first-order valence-electron chi connectivity index (χ1n) is 5.92. The van der Waals surface area contributed by atoms with Gasteiger partial charge in [0.2, 0.25) is 0 Å². The number of hydrogen-bond donors (Lipinski definition) is 2. The summed E-state index contributed by atoms with van der Waals surface area (Å²) in [5.74, 6) is -0.0726. The van der Waals surface area contributed by atoms with Crippen molar-refractivity contribution in [2.75, 3.05) is 0 Å². The Morgan fingerprint density at radius 2 is 2.05 bits per heavy atom. The van der Waals surface area contributed by atoms with Gasteiger partial charge in [-0.15, -0.1) is 0 Å². The number of fused-ring (bicyclic) bond motifs is 1. The van der Waals surface area contributed by atoms with E-state index in [4.69, 9.17) is 22.4 Å². The van der Waals surface area contributed by atoms with Gasteiger partial charge in [-0.05, 0) is 39.0 Å². The molecule has 0 bridgehead atoms. The van der Waals surface area contributed by atoms with Crippen molar-refractivity contribution in [2.24, 2.45) is 5.73 Å². The molecule has 0 fully saturated rings. The van der Waals surface area contributed by atoms with E-state index < -0.39 is 5.54 Å². The molecule has 4 nitrogen and oxygen atoms in total. The average molecular weight is 276 g/mol. The largest absolute Gasteiger partial charge is 0.451 e. The fraction of sp³-hybridized carbons (Fsp3) is 0.286. The normalized spacial score (nSPS) is 11.5. The fourth-order valence-corrected chi connectivity index (χ4v) is 1.73. The molecule has 0 atom stereocenters. The van der Waals surface area contributed by atoms with Gasteiger partial charge >= 0.3 is 0 Å². The zero-order valence-electron chi connectivity index (χ0n) is 11.1. The Hall–Kier alpha value is -1.88. The molecule has 100 valence electrons. The van der Waals surface area contributed by atoms with E-state index >= 15 is 0 Å². The van der Waals surface area contributed by atoms with Crippen molar-refractivity contribution in [1.29, 1.82) is 0 Å². The lowest BCUT2D eigenvalue weighted by molar-refractivity contribution is 0.0906. The van der Waals surface area contributed by atoms with Gasteiger partial charge in [-0.25, -0.2) is 0 Å². The summed E-state index contributed by atoms with van der Waals surface area (Å²) in [6.07, 6.45) is 0. The summed E-state index contributed by atoms with van der Waals surface area (Å²) >= 11 is 4.91. The molecular weight excluding hydrogens is 260 g/mol. The SMILES string of the molecule is Cc1ccc2oc(C(=O)NC(C)(C)C(N)=S)cc2c1. The first kappa shape index (κ1) is 13.5. The monoisotopic (exact) mass is 276 g/mol. The predicted octanol–water partition coefficient (Wildman–Crippen LogP) is 2.54. The van der Waals surface area contributed by atoms with Crippen LogP contribution >= 0.6 is 12.2 Å². The molecule has 1 aromatic heterocycles. The van der Waals surface area contributed by atoms with Crippen LogP contribution in [-0.4, -0.2) is 16.4 Å². The van der Waals surface area contributed by atoms with Crippen molar-refractivity contribution < 1.29 is 9.21 Å². The number of nitrogens with one attached hydrogen (secondary N) is 1. The highest BCUT2D eigenvalue weighted by molar-refractivity contribution is 7.80. The van der Waals surface area contributed by atoms with Crippen LogP contribution < -0.4 is 11.1 Å². The van der Waals surface area contributed by atoms with Gasteiger partial charge < -0.3 is 15.5 Å². The average Bonchev–Trinajstić information content (AvgIpc) is 2.71. The minimum atomic E-state index is -0.749. The van der Waals surface area contributed by atoms with Gasteiger partial charge in [0.25, 0.3) is 5.91 Å². The van der Waals surface area contributed by atoms with Crippen LogP contribution in [0, 0.1) is 6.92 Å². The van der Waals surface area contributed by atoms with Crippen LogP contribution in [0.25, 0.3) is 11.0 Å². The number of carbonyl (C=O) groups is 1. The summed E-state index contributed by atoms with van der Waals surface area (Å²) in [5.41, 5.74) is 6.63. The molecule has 0 saturated heterocycles. The van der Waals surface area contributed by atoms with E-state index in [1.54, 1.807) is 19.9 Å². The number of benzene rings is 1. The Kier molecular flexibility index (Phi) is 3.32. The van der Waals surface area contributed by atoms with E-state index in [9.17, 15) is 4.79 Å². The third kappa shape index (κ3) is 2.76. The molecule has 1 aromatic carbocycles. The molecule has 2 rings (SSSR count). The van der Waals surface area contributed by atoms with E-state index in [0.29, 0.717) is 5.58 Å². The fourth-order valence-electron chi connectivity index (χ4n) is 1.68. The molecule has 0 unspecified atom stereocenters. The van der Waals surface area contributed by atoms with Crippen LogP contribution in [0.2, 0.25) is 0 Å². The first-order valence-corrected chi connectivity index (χ1v) is 6.33. The number of thiocarbonyl (C=S) groups is 1. The maximum Gasteiger partial charge on any atom is 0.287 e. The molecular formula is C14H16N2O2S. The van der Waals surface area contributed by atoms with Crippen molar-refractivity contribution in [1.82, 2.24) is 5.32 Å². The summed E-state index contributed by atoms with van der Waals surface area (Å²) in [6, 6.07) is 7.47. The molecule has 5 heteroatoms. The van der Waals surface area contributed by atoms with Crippen molar-refractivity contribution in [3.05, 3.63) is 35.6 Å². The lowest BCUT2D eigenvalue weighted by Crippen LogP contribution is -2.52. The van der Waals surface area contributed by atoms with Crippen LogP contribution in [0.5, 0.6) is 0 Å². The maximum atomic E-state index is 12.1. The van der Waals surface area contributed by atoms with Gasteiger partial charge in [-0.3, -0.25) is 4.79 Å². The Labute approximate surface area is 117 Å². The topological polar surface area (TPSA) is 68.3 Å². The molecule has 1 heterocycles. The smallest absolute Gasteiger partial charge is 0.287 e. The van der Waals surface area contributed by atoms with Gasteiger partial charge in [0, 0.05) is 5.39 Å². The molecule has 1 amide bonds. The number of carbonyl (C=O) groups excluding carboxylic acids is 1. The summed E-state index contributed by atoms with van der Waals surface area (Å²) < 4.78 is 5.51. The molecule has 3 N–H and O–H groups in total. The van der Waals surface area contributed by atoms with Crippen LogP contribution in [-0.2, 0) is 0 Å². The number of aryl methyl sites for hydroxylation is 1. The second-order valence-electron chi connectivity index (χ2n) is 5.10. The molecule has 0 aliphatic rings. The standard InChI is InChI=1S/C14H16N2O2S/c1-8-4-5-10-9(6-8)7-11(18-10)12(17)16-14(2,3)13(15)19/h4-7H,1-3H3,(H2,15,19)(H,16,17). The minimum absolute atomic E-state index is 0.229. The Morgan fingerprint density at radius 3 is 2.68 bits per heavy atom. The zero-order valence-corrected chi connectivity index (χ0v) is 11.9. The maximum absolute atomic E-state index is 12.1. The highest BCUT2D eigenvalue weighted by Gasteiger charge is 2.25. The number of amides is 1. The Balaban J connectivity index is 2.29. The van der Waals surface area contributed by atoms with Crippen LogP contribution in [0.4, 0.5) is 0 Å². The zero-order chi connectivity index (χ0) is 14.2. The number of hydrogen-bond acceptors (Lipinski definition) is 3. The van der Waals surface area contributed by atoms with Gasteiger partial charge in [0.15, 0.2) is 5.76 Å². The van der Waals surface area contributed by atoms with Gasteiger partial charge in [-0.2, -0.15) is 0 Å². The van der Waals surface area contributed by atoms with E-state index in [0.717, 1.165) is 10.9 Å². The summed E-state index contributed by atoms with van der Waals surface area (Å²) in [4.78, 5) is 12.3. The molecule has 0 radical (unpaired) electrons. The molecule has 0 spiro atoms. The summed E-state index contributed by atoms with van der Waals surface area (Å²) in [5, 5.41) is 3.65. The summed E-state index contributed by atoms with van der Waals surface area (Å²) in [7, 11) is 0. The van der Waals surface area contributed by atoms with Crippen molar-refractivity contribution in [3.8, 4) is 0 Å². The first-order chi connectivity index (χ1) is 8.79. The Morgan fingerprint density at radius 1 is 1.37 bits per heavy atom. The van der Waals surface area contributed by atoms with Crippen molar-refractivity contribution in [3.63, 3.8) is 0 Å². The second-order valence-corrected chi connectivity index (χ2v) is 5.54. The number of furan rings is 1. The number of rotatable bonds is 3. The quantitative estimate of drug-likeness (QED) is 0.845. The van der Waals surface area contributed by atoms with Crippen LogP contribution in [0.3, 0.4) is 0 Å². The lowest BCUT2D eigenvalue weighted by atomic mass is 10.1. The minimum Gasteiger partial charge on any atom is -0.451 e. The molecule has 19 heavy (non-hydrogen) atoms. The van der Waals surface area contributed by atoms with E-state index in [1.165, 1.54) is 0 Å². The van der Waals surface area contributed by atoms with Gasteiger partial charge in [0.1, 0.15) is 5.58 Å². The predicted molar refractivity (Wildman–Crippen MR) is 79.3 cm³/mol. The highest BCUT2D eigenvalue weighted by Crippen LogP contribution is 2.21. The third-order valence-electron chi connectivity index (χ3n) is 2.94. The third-order valence-corrected chi connectivity index (χ3v) is 3.45. The molecule has 0 aliphatic heterocycles. The Bertz CT molecular complexity index is 659.